The Morgan fingerprint density at radius 2 is 0.550 bits per heavy atom. The van der Waals surface area contributed by atoms with Crippen molar-refractivity contribution in [3.8, 4) is 78.7 Å². The van der Waals surface area contributed by atoms with Gasteiger partial charge in [0.1, 0.15) is 0 Å². The van der Waals surface area contributed by atoms with Crippen LogP contribution in [0.25, 0.3) is 111 Å². The number of aromatic nitrogens is 3. The van der Waals surface area contributed by atoms with E-state index in [9.17, 15) is 0 Å². The van der Waals surface area contributed by atoms with Crippen LogP contribution in [-0.2, 0) is 0 Å². The molecule has 0 aliphatic rings. The molecule has 1 heterocycles. The molecule has 11 rings (SSSR count). The summed E-state index contributed by atoms with van der Waals surface area (Å²) in [4.78, 5) is 15.5. The highest BCUT2D eigenvalue weighted by molar-refractivity contribution is 6.00. The molecule has 11 aromatic rings. The molecular formula is C57H37N3. The predicted octanol–water partition coefficient (Wildman–Crippen LogP) is 15.0. The minimum atomic E-state index is 0.627. The molecule has 3 nitrogen and oxygen atoms in total. The molecule has 0 radical (unpaired) electrons. The largest absolute Gasteiger partial charge is 0.208 e. The Morgan fingerprint density at radius 1 is 0.200 bits per heavy atom. The lowest BCUT2D eigenvalue weighted by Gasteiger charge is -2.12. The summed E-state index contributed by atoms with van der Waals surface area (Å²) in [5, 5.41) is 7.20. The van der Waals surface area contributed by atoms with Crippen molar-refractivity contribution in [1.29, 1.82) is 0 Å². The van der Waals surface area contributed by atoms with Gasteiger partial charge in [0.05, 0.1) is 0 Å². The van der Waals surface area contributed by atoms with Crippen LogP contribution >= 0.6 is 0 Å². The second-order valence-corrected chi connectivity index (χ2v) is 15.3. The molecule has 0 bridgehead atoms. The van der Waals surface area contributed by atoms with E-state index in [0.717, 1.165) is 49.7 Å². The molecular weight excluding hydrogens is 727 g/mol. The Morgan fingerprint density at radius 3 is 1.13 bits per heavy atom. The van der Waals surface area contributed by atoms with E-state index in [0.29, 0.717) is 17.5 Å². The van der Waals surface area contributed by atoms with E-state index in [1.807, 2.05) is 12.1 Å². The van der Waals surface area contributed by atoms with Gasteiger partial charge < -0.3 is 0 Å². The predicted molar refractivity (Wildman–Crippen MR) is 250 cm³/mol. The second-order valence-electron chi connectivity index (χ2n) is 15.3. The van der Waals surface area contributed by atoms with Crippen molar-refractivity contribution in [1.82, 2.24) is 15.0 Å². The summed E-state index contributed by atoms with van der Waals surface area (Å²) in [7, 11) is 0. The van der Waals surface area contributed by atoms with Gasteiger partial charge in [-0.15, -0.1) is 0 Å². The van der Waals surface area contributed by atoms with Crippen LogP contribution in [0.2, 0.25) is 0 Å². The molecule has 0 saturated carbocycles. The smallest absolute Gasteiger partial charge is 0.164 e. The summed E-state index contributed by atoms with van der Waals surface area (Å²) in [6.07, 6.45) is 0. The van der Waals surface area contributed by atoms with Crippen LogP contribution in [0.5, 0.6) is 0 Å². The molecule has 0 aliphatic heterocycles. The van der Waals surface area contributed by atoms with Crippen molar-refractivity contribution in [3.63, 3.8) is 0 Å². The van der Waals surface area contributed by atoms with E-state index in [1.54, 1.807) is 0 Å². The molecule has 0 aliphatic carbocycles. The minimum Gasteiger partial charge on any atom is -0.208 e. The fourth-order valence-electron chi connectivity index (χ4n) is 8.33. The number of fused-ring (bicyclic) bond motifs is 3. The maximum absolute atomic E-state index is 5.17. The second kappa shape index (κ2) is 15.1. The molecule has 3 heteroatoms. The molecule has 0 saturated heterocycles. The average Bonchev–Trinajstić information content (AvgIpc) is 3.33. The van der Waals surface area contributed by atoms with Crippen LogP contribution in [0.4, 0.5) is 0 Å². The molecule has 0 atom stereocenters. The van der Waals surface area contributed by atoms with E-state index in [2.05, 4.69) is 212 Å². The Labute approximate surface area is 349 Å². The maximum atomic E-state index is 5.17. The Hall–Kier alpha value is -8.01. The van der Waals surface area contributed by atoms with Gasteiger partial charge >= 0.3 is 0 Å². The van der Waals surface area contributed by atoms with Gasteiger partial charge in [0.2, 0.25) is 0 Å². The van der Waals surface area contributed by atoms with Crippen molar-refractivity contribution in [2.75, 3.05) is 0 Å². The molecule has 0 unspecified atom stereocenters. The highest BCUT2D eigenvalue weighted by Gasteiger charge is 2.15. The van der Waals surface area contributed by atoms with E-state index >= 15 is 0 Å². The third-order valence-corrected chi connectivity index (χ3v) is 11.5. The van der Waals surface area contributed by atoms with Crippen molar-refractivity contribution in [2.24, 2.45) is 0 Å². The van der Waals surface area contributed by atoms with Gasteiger partial charge in [-0.25, -0.2) is 15.0 Å². The first-order valence-electron chi connectivity index (χ1n) is 20.3. The van der Waals surface area contributed by atoms with Crippen LogP contribution in [0.3, 0.4) is 0 Å². The van der Waals surface area contributed by atoms with Crippen LogP contribution < -0.4 is 0 Å². The molecule has 0 N–H and O–H groups in total. The first-order chi connectivity index (χ1) is 29.7. The van der Waals surface area contributed by atoms with Crippen LogP contribution in [0.1, 0.15) is 0 Å². The fourth-order valence-corrected chi connectivity index (χ4v) is 8.33. The number of nitrogens with zero attached hydrogens (tertiary/aromatic N) is 3. The van der Waals surface area contributed by atoms with Crippen molar-refractivity contribution < 1.29 is 0 Å². The number of benzene rings is 10. The summed E-state index contributed by atoms with van der Waals surface area (Å²) in [5.74, 6) is 1.89. The summed E-state index contributed by atoms with van der Waals surface area (Å²) in [6.45, 7) is 0. The lowest BCUT2D eigenvalue weighted by atomic mass is 9.94. The van der Waals surface area contributed by atoms with Crippen molar-refractivity contribution >= 4 is 32.3 Å². The molecule has 60 heavy (non-hydrogen) atoms. The molecule has 0 spiro atoms. The van der Waals surface area contributed by atoms with Crippen molar-refractivity contribution in [3.05, 3.63) is 224 Å². The maximum Gasteiger partial charge on any atom is 0.164 e. The minimum absolute atomic E-state index is 0.627. The standard InChI is InChI=1S/C57H37N3/c1-3-12-38(13-4-1)41-18-9-20-50(35-41)55-58-56(60-57(59-55)52-31-29-46-32-43(24-25-48(46)37-52)39-14-5-2-6-15-39)51-21-10-19-42(36-51)44-26-27-47-34-49(30-28-45(47)33-44)54-23-11-17-40-16-7-8-22-53(40)54/h1-37H. The van der Waals surface area contributed by atoms with Gasteiger partial charge in [-0.1, -0.05) is 188 Å². The first-order valence-corrected chi connectivity index (χ1v) is 20.3. The number of hydrogen-bond donors (Lipinski definition) is 0. The van der Waals surface area contributed by atoms with E-state index in [-0.39, 0.29) is 0 Å². The highest BCUT2D eigenvalue weighted by atomic mass is 15.0. The van der Waals surface area contributed by atoms with Gasteiger partial charge in [0.25, 0.3) is 0 Å². The molecule has 0 amide bonds. The molecule has 10 aromatic carbocycles. The van der Waals surface area contributed by atoms with Crippen LogP contribution in [-0.4, -0.2) is 15.0 Å². The van der Waals surface area contributed by atoms with Gasteiger partial charge in [-0.2, -0.15) is 0 Å². The fraction of sp³-hybridized carbons (Fsp3) is 0. The van der Waals surface area contributed by atoms with Gasteiger partial charge in [-0.05, 0) is 113 Å². The zero-order valence-electron chi connectivity index (χ0n) is 32.7. The third kappa shape index (κ3) is 6.78. The summed E-state index contributed by atoms with van der Waals surface area (Å²) in [5.41, 5.74) is 12.1. The molecule has 0 fully saturated rings. The molecule has 280 valence electrons. The van der Waals surface area contributed by atoms with E-state index in [4.69, 9.17) is 15.0 Å². The monoisotopic (exact) mass is 763 g/mol. The van der Waals surface area contributed by atoms with Gasteiger partial charge in [0.15, 0.2) is 17.5 Å². The lowest BCUT2D eigenvalue weighted by Crippen LogP contribution is -2.00. The summed E-state index contributed by atoms with van der Waals surface area (Å²) < 4.78 is 0. The average molecular weight is 764 g/mol. The SMILES string of the molecule is c1ccc(-c2cccc(-c3nc(-c4cccc(-c5ccc6cc(-c7cccc8ccccc78)ccc6c5)c4)nc(-c4ccc5cc(-c6ccccc6)ccc5c4)n3)c2)cc1. The molecule has 1 aromatic heterocycles. The summed E-state index contributed by atoms with van der Waals surface area (Å²) in [6, 6.07) is 79.6. The first kappa shape index (κ1) is 35.2. The Balaban J connectivity index is 0.986. The lowest BCUT2D eigenvalue weighted by molar-refractivity contribution is 1.07. The third-order valence-electron chi connectivity index (χ3n) is 11.5. The Kier molecular flexibility index (Phi) is 8.83. The number of rotatable bonds is 7. The van der Waals surface area contributed by atoms with E-state index < -0.39 is 0 Å². The van der Waals surface area contributed by atoms with Gasteiger partial charge in [0, 0.05) is 16.7 Å². The van der Waals surface area contributed by atoms with Crippen LogP contribution in [0, 0.1) is 0 Å². The summed E-state index contributed by atoms with van der Waals surface area (Å²) >= 11 is 0. The highest BCUT2D eigenvalue weighted by Crippen LogP contribution is 2.35. The normalized spacial score (nSPS) is 11.3. The van der Waals surface area contributed by atoms with E-state index in [1.165, 1.54) is 43.8 Å². The quantitative estimate of drug-likeness (QED) is 0.162. The zero-order chi connectivity index (χ0) is 39.8. The number of hydrogen-bond acceptors (Lipinski definition) is 3. The van der Waals surface area contributed by atoms with Gasteiger partial charge in [-0.3, -0.25) is 0 Å². The Bertz CT molecular complexity index is 3370. The van der Waals surface area contributed by atoms with Crippen molar-refractivity contribution in [2.45, 2.75) is 0 Å². The van der Waals surface area contributed by atoms with Crippen LogP contribution in [0.15, 0.2) is 224 Å². The zero-order valence-corrected chi connectivity index (χ0v) is 32.7. The topological polar surface area (TPSA) is 38.7 Å².